The molecule has 4 saturated carbocycles. The van der Waals surface area contributed by atoms with Crippen molar-refractivity contribution in [2.24, 2.45) is 29.6 Å². The minimum Gasteiger partial charge on any atom is -0.457 e. The van der Waals surface area contributed by atoms with Crippen molar-refractivity contribution in [3.05, 3.63) is 20.8 Å². The quantitative estimate of drug-likeness (QED) is 0.575. The number of carbonyl (C=O) groups is 2. The van der Waals surface area contributed by atoms with Crippen LogP contribution in [0.25, 0.3) is 0 Å². The highest BCUT2D eigenvalue weighted by Gasteiger charge is 2.51. The topological polar surface area (TPSA) is 43.4 Å². The van der Waals surface area contributed by atoms with Gasteiger partial charge in [-0.15, -0.1) is 11.3 Å². The van der Waals surface area contributed by atoms with E-state index < -0.39 is 0 Å². The van der Waals surface area contributed by atoms with Crippen molar-refractivity contribution < 1.29 is 14.3 Å². The number of ether oxygens (including phenoxy) is 1. The number of halogens is 1. The Bertz CT molecular complexity index is 581. The lowest BCUT2D eigenvalue weighted by Crippen LogP contribution is -2.48. The maximum Gasteiger partial charge on any atom is 0.309 e. The molecule has 22 heavy (non-hydrogen) atoms. The SMILES string of the molecule is O=C(COC(=O)C1C2CC3CC(C2)CC1C3)c1ccc(Br)s1. The van der Waals surface area contributed by atoms with Gasteiger partial charge >= 0.3 is 5.97 Å². The van der Waals surface area contributed by atoms with E-state index in [4.69, 9.17) is 4.74 Å². The number of rotatable bonds is 4. The number of Topliss-reactive ketones (excluding diaryl/α,β-unsaturated/α-hetero) is 1. The molecule has 4 fully saturated rings. The Hall–Kier alpha value is -0.680. The smallest absolute Gasteiger partial charge is 0.309 e. The van der Waals surface area contributed by atoms with Gasteiger partial charge in [-0.3, -0.25) is 9.59 Å². The molecule has 0 unspecified atom stereocenters. The molecule has 1 heterocycles. The molecule has 0 N–H and O–H groups in total. The van der Waals surface area contributed by atoms with Crippen LogP contribution in [0, 0.1) is 29.6 Å². The molecule has 0 aliphatic heterocycles. The summed E-state index contributed by atoms with van der Waals surface area (Å²) < 4.78 is 6.32. The third kappa shape index (κ3) is 2.67. The van der Waals surface area contributed by atoms with E-state index >= 15 is 0 Å². The lowest BCUT2D eigenvalue weighted by Gasteiger charge is -2.53. The van der Waals surface area contributed by atoms with Gasteiger partial charge in [0.25, 0.3) is 0 Å². The molecule has 118 valence electrons. The van der Waals surface area contributed by atoms with Crippen molar-refractivity contribution in [3.63, 3.8) is 0 Å². The zero-order valence-electron chi connectivity index (χ0n) is 12.3. The average Bonchev–Trinajstić information content (AvgIpc) is 2.90. The summed E-state index contributed by atoms with van der Waals surface area (Å²) in [4.78, 5) is 25.2. The predicted molar refractivity (Wildman–Crippen MR) is 87.8 cm³/mol. The van der Waals surface area contributed by atoms with Gasteiger partial charge in [-0.2, -0.15) is 0 Å². The highest BCUT2D eigenvalue weighted by atomic mass is 79.9. The molecule has 0 aromatic carbocycles. The van der Waals surface area contributed by atoms with Crippen molar-refractivity contribution in [2.45, 2.75) is 32.1 Å². The maximum atomic E-state index is 12.5. The fourth-order valence-corrected chi connectivity index (χ4v) is 6.39. The van der Waals surface area contributed by atoms with E-state index in [0.29, 0.717) is 16.7 Å². The number of hydrogen-bond donors (Lipinski definition) is 0. The summed E-state index contributed by atoms with van der Waals surface area (Å²) in [5, 5.41) is 0. The summed E-state index contributed by atoms with van der Waals surface area (Å²) in [6, 6.07) is 3.62. The van der Waals surface area contributed by atoms with Crippen molar-refractivity contribution in [3.8, 4) is 0 Å². The largest absolute Gasteiger partial charge is 0.457 e. The molecular formula is C17H19BrO3S. The summed E-state index contributed by atoms with van der Waals surface area (Å²) in [5.41, 5.74) is 0. The Labute approximate surface area is 142 Å². The lowest BCUT2D eigenvalue weighted by molar-refractivity contribution is -0.161. The van der Waals surface area contributed by atoms with Gasteiger partial charge in [0.05, 0.1) is 14.6 Å². The van der Waals surface area contributed by atoms with Crippen LogP contribution < -0.4 is 0 Å². The second-order valence-corrected chi connectivity index (χ2v) is 9.55. The van der Waals surface area contributed by atoms with Crippen LogP contribution in [0.5, 0.6) is 0 Å². The van der Waals surface area contributed by atoms with Gasteiger partial charge in [-0.1, -0.05) is 0 Å². The summed E-state index contributed by atoms with van der Waals surface area (Å²) in [6.45, 7) is -0.116. The van der Waals surface area contributed by atoms with Gasteiger partial charge in [0.15, 0.2) is 6.61 Å². The van der Waals surface area contributed by atoms with E-state index in [-0.39, 0.29) is 24.3 Å². The molecule has 0 amide bonds. The monoisotopic (exact) mass is 382 g/mol. The van der Waals surface area contributed by atoms with Crippen molar-refractivity contribution in [1.82, 2.24) is 0 Å². The summed E-state index contributed by atoms with van der Waals surface area (Å²) in [7, 11) is 0. The molecular weight excluding hydrogens is 364 g/mol. The molecule has 0 saturated heterocycles. The normalized spacial score (nSPS) is 35.6. The maximum absolute atomic E-state index is 12.5. The molecule has 4 aliphatic carbocycles. The zero-order chi connectivity index (χ0) is 15.3. The van der Waals surface area contributed by atoms with E-state index in [1.165, 1.54) is 43.4 Å². The Balaban J connectivity index is 1.37. The standard InChI is InChI=1S/C17H19BrO3S/c18-15-2-1-14(22-15)13(19)8-21-17(20)16-11-4-9-3-10(6-11)7-12(16)5-9/h1-2,9-12,16H,3-8H2. The van der Waals surface area contributed by atoms with Crippen molar-refractivity contribution >= 4 is 39.0 Å². The fourth-order valence-electron chi connectivity index (χ4n) is 5.08. The van der Waals surface area contributed by atoms with Gasteiger partial charge in [0.1, 0.15) is 0 Å². The van der Waals surface area contributed by atoms with E-state index in [1.54, 1.807) is 6.07 Å². The second kappa shape index (κ2) is 5.75. The van der Waals surface area contributed by atoms with Gasteiger partial charge in [0.2, 0.25) is 5.78 Å². The minimum absolute atomic E-state index is 0.0515. The van der Waals surface area contributed by atoms with Gasteiger partial charge in [-0.25, -0.2) is 0 Å². The molecule has 0 atom stereocenters. The first kappa shape index (κ1) is 14.9. The fraction of sp³-hybridized carbons (Fsp3) is 0.647. The highest BCUT2D eigenvalue weighted by molar-refractivity contribution is 9.11. The number of carbonyl (C=O) groups excluding carboxylic acids is 2. The molecule has 5 rings (SSSR count). The average molecular weight is 383 g/mol. The van der Waals surface area contributed by atoms with Crippen LogP contribution in [-0.4, -0.2) is 18.4 Å². The van der Waals surface area contributed by atoms with Crippen LogP contribution >= 0.6 is 27.3 Å². The first-order chi connectivity index (χ1) is 10.6. The van der Waals surface area contributed by atoms with E-state index in [1.807, 2.05) is 6.07 Å². The van der Waals surface area contributed by atoms with E-state index in [2.05, 4.69) is 15.9 Å². The molecule has 5 heteroatoms. The molecule has 4 aliphatic rings. The lowest BCUT2D eigenvalue weighted by atomic mass is 9.52. The second-order valence-electron chi connectivity index (χ2n) is 7.09. The van der Waals surface area contributed by atoms with E-state index in [0.717, 1.165) is 15.6 Å². The number of ketones is 1. The first-order valence-electron chi connectivity index (χ1n) is 8.05. The molecule has 1 aromatic rings. The molecule has 3 nitrogen and oxygen atoms in total. The molecule has 4 bridgehead atoms. The molecule has 1 aromatic heterocycles. The van der Waals surface area contributed by atoms with Gasteiger partial charge < -0.3 is 4.74 Å². The number of thiophene rings is 1. The molecule has 0 spiro atoms. The van der Waals surface area contributed by atoms with Gasteiger partial charge in [0, 0.05) is 0 Å². The highest BCUT2D eigenvalue weighted by Crippen LogP contribution is 2.56. The van der Waals surface area contributed by atoms with Crippen molar-refractivity contribution in [1.29, 1.82) is 0 Å². The third-order valence-electron chi connectivity index (χ3n) is 5.69. The Kier molecular flexibility index (Phi) is 3.89. The number of esters is 1. The van der Waals surface area contributed by atoms with E-state index in [9.17, 15) is 9.59 Å². The van der Waals surface area contributed by atoms with Crippen LogP contribution in [-0.2, 0) is 9.53 Å². The molecule has 0 radical (unpaired) electrons. The Morgan fingerprint density at radius 3 is 2.27 bits per heavy atom. The summed E-state index contributed by atoms with van der Waals surface area (Å²) >= 11 is 4.73. The van der Waals surface area contributed by atoms with Crippen LogP contribution in [0.1, 0.15) is 41.8 Å². The van der Waals surface area contributed by atoms with Crippen molar-refractivity contribution in [2.75, 3.05) is 6.61 Å². The third-order valence-corrected chi connectivity index (χ3v) is 7.36. The van der Waals surface area contributed by atoms with Gasteiger partial charge in [-0.05, 0) is 83.8 Å². The van der Waals surface area contributed by atoms with Crippen LogP contribution in [0.3, 0.4) is 0 Å². The summed E-state index contributed by atoms with van der Waals surface area (Å²) in [5.74, 6) is 2.53. The van der Waals surface area contributed by atoms with Crippen LogP contribution in [0.2, 0.25) is 0 Å². The number of hydrogen-bond acceptors (Lipinski definition) is 4. The predicted octanol–water partition coefficient (Wildman–Crippen LogP) is 4.31. The zero-order valence-corrected chi connectivity index (χ0v) is 14.7. The van der Waals surface area contributed by atoms with Crippen LogP contribution in [0.4, 0.5) is 0 Å². The minimum atomic E-state index is -0.127. The summed E-state index contributed by atoms with van der Waals surface area (Å²) in [6.07, 6.45) is 6.15. The Morgan fingerprint density at radius 2 is 1.73 bits per heavy atom. The van der Waals surface area contributed by atoms with Crippen LogP contribution in [0.15, 0.2) is 15.9 Å². The Morgan fingerprint density at radius 1 is 1.09 bits per heavy atom. The first-order valence-corrected chi connectivity index (χ1v) is 9.66.